The molecular formula is C39H40N4O7. The van der Waals surface area contributed by atoms with Crippen LogP contribution >= 0.6 is 0 Å². The number of rotatable bonds is 19. The van der Waals surface area contributed by atoms with Crippen LogP contribution in [-0.4, -0.2) is 77.1 Å². The quantitative estimate of drug-likeness (QED) is 0.145. The summed E-state index contributed by atoms with van der Waals surface area (Å²) in [5, 5.41) is 14.1. The van der Waals surface area contributed by atoms with Gasteiger partial charge in [-0.3, -0.25) is 14.4 Å². The van der Waals surface area contributed by atoms with Gasteiger partial charge in [-0.15, -0.1) is 0 Å². The summed E-state index contributed by atoms with van der Waals surface area (Å²) in [6.07, 6.45) is 0.365. The van der Waals surface area contributed by atoms with Gasteiger partial charge in [-0.05, 0) is 48.0 Å². The van der Waals surface area contributed by atoms with Crippen LogP contribution in [0.1, 0.15) is 41.5 Å². The maximum Gasteiger partial charge on any atom is 0.227 e. The van der Waals surface area contributed by atoms with Gasteiger partial charge in [0.25, 0.3) is 0 Å². The summed E-state index contributed by atoms with van der Waals surface area (Å²) in [4.78, 5) is 39.4. The van der Waals surface area contributed by atoms with Crippen molar-refractivity contribution in [1.82, 2.24) is 5.32 Å². The first-order valence-corrected chi connectivity index (χ1v) is 16.4. The molecule has 1 aliphatic heterocycles. The lowest BCUT2D eigenvalue weighted by atomic mass is 10.0. The zero-order valence-corrected chi connectivity index (χ0v) is 27.9. The molecular weight excluding hydrogens is 636 g/mol. The lowest BCUT2D eigenvalue weighted by Gasteiger charge is -2.26. The molecule has 0 saturated heterocycles. The van der Waals surface area contributed by atoms with E-state index in [4.69, 9.17) is 24.2 Å². The third-order valence-corrected chi connectivity index (χ3v) is 7.33. The van der Waals surface area contributed by atoms with Gasteiger partial charge in [0.2, 0.25) is 17.7 Å². The topological polar surface area (TPSA) is 139 Å². The molecule has 11 heteroatoms. The van der Waals surface area contributed by atoms with Gasteiger partial charge in [-0.1, -0.05) is 48.1 Å². The largest absolute Gasteiger partial charge is 0.379 e. The molecule has 0 atom stereocenters. The second kappa shape index (κ2) is 21.5. The van der Waals surface area contributed by atoms with Crippen LogP contribution in [0.25, 0.3) is 0 Å². The number of para-hydroxylation sites is 1. The average molecular weight is 677 g/mol. The number of hydrogen-bond donors (Lipinski definition) is 2. The fourth-order valence-electron chi connectivity index (χ4n) is 4.80. The Labute approximate surface area is 292 Å². The molecule has 0 aliphatic carbocycles. The molecule has 50 heavy (non-hydrogen) atoms. The third-order valence-electron chi connectivity index (χ3n) is 7.33. The molecule has 0 saturated carbocycles. The number of amides is 3. The molecule has 0 radical (unpaired) electrons. The van der Waals surface area contributed by atoms with Crippen LogP contribution in [0, 0.1) is 35.0 Å². The number of nitrogens with one attached hydrogen (secondary N) is 2. The van der Waals surface area contributed by atoms with Gasteiger partial charge in [-0.25, -0.2) is 0 Å². The van der Waals surface area contributed by atoms with E-state index in [1.165, 1.54) is 0 Å². The van der Waals surface area contributed by atoms with E-state index in [1.807, 2.05) is 48.5 Å². The van der Waals surface area contributed by atoms with Crippen LogP contribution < -0.4 is 15.5 Å². The van der Waals surface area contributed by atoms with E-state index >= 15 is 0 Å². The van der Waals surface area contributed by atoms with Crippen molar-refractivity contribution in [2.75, 3.05) is 69.6 Å². The van der Waals surface area contributed by atoms with Crippen molar-refractivity contribution in [3.8, 4) is 29.8 Å². The number of benzene rings is 3. The molecule has 3 amide bonds. The zero-order valence-electron chi connectivity index (χ0n) is 27.9. The van der Waals surface area contributed by atoms with Crippen molar-refractivity contribution in [3.63, 3.8) is 0 Å². The summed E-state index contributed by atoms with van der Waals surface area (Å²) in [5.41, 5.74) is 4.72. The highest BCUT2D eigenvalue weighted by atomic mass is 16.6. The van der Waals surface area contributed by atoms with E-state index in [0.29, 0.717) is 70.6 Å². The average Bonchev–Trinajstić information content (AvgIpc) is 3.13. The first kappa shape index (κ1) is 37.3. The molecule has 0 aromatic heterocycles. The molecule has 4 rings (SSSR count). The van der Waals surface area contributed by atoms with Gasteiger partial charge in [0.05, 0.1) is 71.5 Å². The number of carbonyl (C=O) groups excluding carboxylic acids is 3. The molecule has 1 heterocycles. The van der Waals surface area contributed by atoms with Gasteiger partial charge in [0, 0.05) is 47.7 Å². The van der Waals surface area contributed by atoms with Gasteiger partial charge in [0.1, 0.15) is 0 Å². The van der Waals surface area contributed by atoms with E-state index < -0.39 is 0 Å². The highest BCUT2D eigenvalue weighted by Crippen LogP contribution is 2.26. The molecule has 258 valence electrons. The lowest BCUT2D eigenvalue weighted by molar-refractivity contribution is -0.125. The third kappa shape index (κ3) is 13.2. The lowest BCUT2D eigenvalue weighted by Crippen LogP contribution is -2.34. The minimum atomic E-state index is -0.214. The van der Waals surface area contributed by atoms with Crippen LogP contribution in [0.5, 0.6) is 0 Å². The maximum atomic E-state index is 13.3. The summed E-state index contributed by atoms with van der Waals surface area (Å²) in [5.74, 6) is 10.9. The summed E-state index contributed by atoms with van der Waals surface area (Å²) < 4.78 is 21.9. The number of anilines is 2. The van der Waals surface area contributed by atoms with Crippen molar-refractivity contribution >= 4 is 29.1 Å². The highest BCUT2D eigenvalue weighted by molar-refractivity contribution is 5.97. The molecule has 3 aromatic rings. The predicted molar refractivity (Wildman–Crippen MR) is 188 cm³/mol. The van der Waals surface area contributed by atoms with Crippen LogP contribution in [-0.2, 0) is 39.9 Å². The van der Waals surface area contributed by atoms with E-state index in [-0.39, 0.29) is 43.6 Å². The number of ether oxygens (including phenoxy) is 4. The second-order valence-corrected chi connectivity index (χ2v) is 10.9. The Bertz CT molecular complexity index is 1750. The first-order valence-electron chi connectivity index (χ1n) is 16.4. The van der Waals surface area contributed by atoms with E-state index in [9.17, 15) is 14.4 Å². The van der Waals surface area contributed by atoms with Crippen molar-refractivity contribution in [3.05, 3.63) is 95.1 Å². The van der Waals surface area contributed by atoms with Gasteiger partial charge in [-0.2, -0.15) is 5.26 Å². The molecule has 3 aromatic carbocycles. The molecule has 11 nitrogen and oxygen atoms in total. The second-order valence-electron chi connectivity index (χ2n) is 10.9. The monoisotopic (exact) mass is 676 g/mol. The normalized spacial score (nSPS) is 11.2. The van der Waals surface area contributed by atoms with Crippen molar-refractivity contribution < 1.29 is 33.3 Å². The summed E-state index contributed by atoms with van der Waals surface area (Å²) in [6, 6.07) is 24.0. The Hall–Kier alpha value is -5.48. The number of hydrogen-bond acceptors (Lipinski definition) is 8. The molecule has 0 fully saturated rings. The smallest absolute Gasteiger partial charge is 0.227 e. The fraction of sp³-hybridized carbons (Fsp3) is 0.333. The summed E-state index contributed by atoms with van der Waals surface area (Å²) in [7, 11) is 0. The van der Waals surface area contributed by atoms with E-state index in [2.05, 4.69) is 34.3 Å². The van der Waals surface area contributed by atoms with Crippen molar-refractivity contribution in [2.45, 2.75) is 25.8 Å². The standard InChI is InChI=1S/C39H40N4O7/c40-20-5-6-31-11-15-35(16-12-31)42-38(45)19-22-47-24-26-49-28-29-50-27-25-48-23-21-41-37(44)17-18-39(46)43-30-34-9-2-1-7-32(34)13-14-33-8-3-4-10-36(33)43/h1-4,7-12,15-16H,17-19,21-30H2,(H,41,44)(H,42,45). The van der Waals surface area contributed by atoms with Crippen LogP contribution in [0.2, 0.25) is 0 Å². The van der Waals surface area contributed by atoms with Crippen molar-refractivity contribution in [1.29, 1.82) is 5.26 Å². The van der Waals surface area contributed by atoms with Crippen LogP contribution in [0.4, 0.5) is 11.4 Å². The Morgan fingerprint density at radius 1 is 0.700 bits per heavy atom. The number of nitrogens with zero attached hydrogens (tertiary/aromatic N) is 2. The zero-order chi connectivity index (χ0) is 35.2. The van der Waals surface area contributed by atoms with Crippen LogP contribution in [0.15, 0.2) is 72.8 Å². The SMILES string of the molecule is N#CC#Cc1ccc(NC(=O)CCOCCOCCOCCOCCNC(=O)CCC(=O)N2Cc3ccccc3C#Cc3ccccc32)cc1. The summed E-state index contributed by atoms with van der Waals surface area (Å²) >= 11 is 0. The Morgan fingerprint density at radius 3 is 2.04 bits per heavy atom. The maximum absolute atomic E-state index is 13.3. The Morgan fingerprint density at radius 2 is 1.32 bits per heavy atom. The molecule has 0 bridgehead atoms. The Kier molecular flexibility index (Phi) is 16.0. The van der Waals surface area contributed by atoms with Crippen LogP contribution in [0.3, 0.4) is 0 Å². The number of nitriles is 1. The highest BCUT2D eigenvalue weighted by Gasteiger charge is 2.21. The summed E-state index contributed by atoms with van der Waals surface area (Å²) in [6.45, 7) is 3.62. The van der Waals surface area contributed by atoms with Gasteiger partial charge in [0.15, 0.2) is 6.07 Å². The molecule has 1 aliphatic rings. The molecule has 2 N–H and O–H groups in total. The van der Waals surface area contributed by atoms with E-state index in [1.54, 1.807) is 35.2 Å². The first-order chi connectivity index (χ1) is 24.5. The van der Waals surface area contributed by atoms with Crippen molar-refractivity contribution in [2.24, 2.45) is 0 Å². The minimum absolute atomic E-state index is 0.0755. The minimum Gasteiger partial charge on any atom is -0.379 e. The fourth-order valence-corrected chi connectivity index (χ4v) is 4.80. The molecule has 0 spiro atoms. The van der Waals surface area contributed by atoms with Gasteiger partial charge >= 0.3 is 0 Å². The van der Waals surface area contributed by atoms with E-state index in [0.717, 1.165) is 22.4 Å². The van der Waals surface area contributed by atoms with Gasteiger partial charge < -0.3 is 34.5 Å². The Balaban J connectivity index is 0.961. The molecule has 0 unspecified atom stereocenters. The predicted octanol–water partition coefficient (Wildman–Crippen LogP) is 3.80. The number of fused-ring (bicyclic) bond motifs is 2. The number of carbonyl (C=O) groups is 3.